The third kappa shape index (κ3) is 3.82. The van der Waals surface area contributed by atoms with Crippen molar-refractivity contribution in [2.24, 2.45) is 0 Å². The minimum atomic E-state index is -0.844. The Balaban J connectivity index is 1.49. The number of anilines is 1. The highest BCUT2D eigenvalue weighted by Gasteiger charge is 2.36. The van der Waals surface area contributed by atoms with Crippen molar-refractivity contribution in [3.05, 3.63) is 106 Å². The summed E-state index contributed by atoms with van der Waals surface area (Å²) in [4.78, 5) is 16.7. The van der Waals surface area contributed by atoms with E-state index in [1.807, 2.05) is 18.3 Å². The van der Waals surface area contributed by atoms with Crippen LogP contribution in [0.4, 0.5) is 23.7 Å². The molecule has 1 aliphatic heterocycles. The Morgan fingerprint density at radius 1 is 0.943 bits per heavy atom. The van der Waals surface area contributed by atoms with E-state index in [0.717, 1.165) is 59.6 Å². The van der Waals surface area contributed by atoms with Crippen LogP contribution in [0.3, 0.4) is 0 Å². The summed E-state index contributed by atoms with van der Waals surface area (Å²) in [6.45, 7) is 0.319. The van der Waals surface area contributed by atoms with Gasteiger partial charge in [0.25, 0.3) is 0 Å². The number of aromatic nitrogens is 1. The first-order chi connectivity index (χ1) is 17.0. The van der Waals surface area contributed by atoms with Crippen LogP contribution in [0.5, 0.6) is 0 Å². The Kier molecular flexibility index (Phi) is 5.40. The summed E-state index contributed by atoms with van der Waals surface area (Å²) in [5.41, 5.74) is 3.90. The SMILES string of the molecule is O=C(Nc1ccc(F)cc1F)N1Cc2c(sc3c2CCCC3)-n2cccc2[C@H]1c1ccc(F)cc1. The number of carbonyl (C=O) groups excluding carboxylic acids is 1. The molecule has 0 unspecified atom stereocenters. The molecule has 4 nitrogen and oxygen atoms in total. The van der Waals surface area contributed by atoms with Crippen LogP contribution >= 0.6 is 11.3 Å². The Morgan fingerprint density at radius 2 is 1.71 bits per heavy atom. The average Bonchev–Trinajstić information content (AvgIpc) is 3.43. The molecule has 1 atom stereocenters. The molecule has 178 valence electrons. The largest absolute Gasteiger partial charge is 0.323 e. The number of nitrogens with one attached hydrogen (secondary N) is 1. The second-order valence-electron chi connectivity index (χ2n) is 8.93. The molecular weight excluding hydrogens is 471 g/mol. The van der Waals surface area contributed by atoms with Crippen molar-refractivity contribution in [3.8, 4) is 5.00 Å². The van der Waals surface area contributed by atoms with E-state index in [9.17, 15) is 18.0 Å². The van der Waals surface area contributed by atoms with Crippen LogP contribution in [-0.2, 0) is 19.4 Å². The number of urea groups is 1. The normalized spacial score (nSPS) is 16.8. The first kappa shape index (κ1) is 22.0. The van der Waals surface area contributed by atoms with E-state index in [1.54, 1.807) is 28.4 Å². The molecule has 0 fully saturated rings. The zero-order chi connectivity index (χ0) is 24.1. The van der Waals surface area contributed by atoms with Crippen molar-refractivity contribution in [2.75, 3.05) is 5.32 Å². The molecule has 2 aromatic heterocycles. The third-order valence-corrected chi connectivity index (χ3v) is 8.13. The number of carbonyl (C=O) groups is 1. The maximum absolute atomic E-state index is 14.4. The predicted molar refractivity (Wildman–Crippen MR) is 129 cm³/mol. The van der Waals surface area contributed by atoms with Gasteiger partial charge in [0.1, 0.15) is 22.5 Å². The monoisotopic (exact) mass is 493 g/mol. The lowest BCUT2D eigenvalue weighted by Gasteiger charge is -2.31. The summed E-state index contributed by atoms with van der Waals surface area (Å²) >= 11 is 1.76. The van der Waals surface area contributed by atoms with Crippen LogP contribution in [0.2, 0.25) is 0 Å². The number of halogens is 3. The first-order valence-electron chi connectivity index (χ1n) is 11.6. The molecule has 6 rings (SSSR count). The van der Waals surface area contributed by atoms with Gasteiger partial charge in [-0.05, 0) is 73.2 Å². The Bertz CT molecular complexity index is 1430. The molecule has 4 aromatic rings. The molecule has 2 aromatic carbocycles. The number of fused-ring (bicyclic) bond motifs is 5. The van der Waals surface area contributed by atoms with Crippen LogP contribution in [0.1, 0.15) is 46.1 Å². The van der Waals surface area contributed by atoms with E-state index < -0.39 is 23.7 Å². The quantitative estimate of drug-likeness (QED) is 0.322. The van der Waals surface area contributed by atoms with Crippen LogP contribution < -0.4 is 5.32 Å². The molecule has 8 heteroatoms. The van der Waals surface area contributed by atoms with Gasteiger partial charge in [0.2, 0.25) is 0 Å². The smallest absolute Gasteiger partial charge is 0.310 e. The average molecular weight is 494 g/mol. The van der Waals surface area contributed by atoms with Gasteiger partial charge >= 0.3 is 6.03 Å². The molecule has 1 aliphatic carbocycles. The summed E-state index contributed by atoms with van der Waals surface area (Å²) < 4.78 is 43.7. The Hall–Kier alpha value is -3.52. The maximum Gasteiger partial charge on any atom is 0.323 e. The van der Waals surface area contributed by atoms with E-state index in [4.69, 9.17) is 0 Å². The lowest BCUT2D eigenvalue weighted by Crippen LogP contribution is -2.38. The molecule has 0 radical (unpaired) electrons. The fourth-order valence-electron chi connectivity index (χ4n) is 5.16. The summed E-state index contributed by atoms with van der Waals surface area (Å²) in [5.74, 6) is -1.93. The van der Waals surface area contributed by atoms with E-state index in [1.165, 1.54) is 28.6 Å². The van der Waals surface area contributed by atoms with Crippen molar-refractivity contribution >= 4 is 23.1 Å². The minimum absolute atomic E-state index is 0.0959. The molecule has 2 amide bonds. The van der Waals surface area contributed by atoms with Crippen LogP contribution in [-0.4, -0.2) is 15.5 Å². The summed E-state index contributed by atoms with van der Waals surface area (Å²) in [6.07, 6.45) is 6.23. The lowest BCUT2D eigenvalue weighted by atomic mass is 9.95. The fraction of sp³-hybridized carbons (Fsp3) is 0.222. The first-order valence-corrected chi connectivity index (χ1v) is 12.4. The number of nitrogens with zero attached hydrogens (tertiary/aromatic N) is 2. The lowest BCUT2D eigenvalue weighted by molar-refractivity contribution is 0.194. The number of benzene rings is 2. The number of aryl methyl sites for hydroxylation is 1. The van der Waals surface area contributed by atoms with Gasteiger partial charge in [0.05, 0.1) is 24.0 Å². The van der Waals surface area contributed by atoms with Crippen LogP contribution in [0, 0.1) is 17.5 Å². The number of rotatable bonds is 2. The second kappa shape index (κ2) is 8.61. The molecule has 0 saturated carbocycles. The zero-order valence-corrected chi connectivity index (χ0v) is 19.5. The molecule has 1 N–H and O–H groups in total. The topological polar surface area (TPSA) is 37.3 Å². The Labute approximate surface area is 204 Å². The van der Waals surface area contributed by atoms with E-state index in [2.05, 4.69) is 9.88 Å². The van der Waals surface area contributed by atoms with Crippen molar-refractivity contribution in [1.82, 2.24) is 9.47 Å². The van der Waals surface area contributed by atoms with Gasteiger partial charge in [-0.25, -0.2) is 18.0 Å². The number of thiophene rings is 1. The van der Waals surface area contributed by atoms with Crippen molar-refractivity contribution in [2.45, 2.75) is 38.3 Å². The molecule has 0 spiro atoms. The predicted octanol–water partition coefficient (Wildman–Crippen LogP) is 6.97. The molecule has 2 aliphatic rings. The number of hydrogen-bond donors (Lipinski definition) is 1. The minimum Gasteiger partial charge on any atom is -0.310 e. The second-order valence-corrected chi connectivity index (χ2v) is 10.0. The number of hydrogen-bond acceptors (Lipinski definition) is 2. The maximum atomic E-state index is 14.4. The summed E-state index contributed by atoms with van der Waals surface area (Å²) in [5, 5.41) is 3.73. The van der Waals surface area contributed by atoms with Crippen molar-refractivity contribution in [1.29, 1.82) is 0 Å². The van der Waals surface area contributed by atoms with E-state index >= 15 is 0 Å². The van der Waals surface area contributed by atoms with E-state index in [-0.39, 0.29) is 11.5 Å². The van der Waals surface area contributed by atoms with Crippen LogP contribution in [0.25, 0.3) is 5.00 Å². The Morgan fingerprint density at radius 3 is 2.51 bits per heavy atom. The van der Waals surface area contributed by atoms with Crippen molar-refractivity contribution < 1.29 is 18.0 Å². The molecule has 3 heterocycles. The van der Waals surface area contributed by atoms with Gasteiger partial charge in [0, 0.05) is 22.7 Å². The van der Waals surface area contributed by atoms with Gasteiger partial charge in [0.15, 0.2) is 0 Å². The molecule has 0 saturated heterocycles. The highest BCUT2D eigenvalue weighted by Crippen LogP contribution is 2.44. The van der Waals surface area contributed by atoms with Gasteiger partial charge in [-0.15, -0.1) is 11.3 Å². The molecular formula is C27H22F3N3OS. The molecule has 35 heavy (non-hydrogen) atoms. The van der Waals surface area contributed by atoms with Gasteiger partial charge < -0.3 is 14.8 Å². The van der Waals surface area contributed by atoms with Crippen LogP contribution in [0.15, 0.2) is 60.8 Å². The summed E-state index contributed by atoms with van der Waals surface area (Å²) in [6, 6.07) is 12.0. The third-order valence-electron chi connectivity index (χ3n) is 6.80. The van der Waals surface area contributed by atoms with Gasteiger partial charge in [-0.3, -0.25) is 0 Å². The standard InChI is InChI=1S/C27H22F3N3OS/c28-17-9-7-16(8-10-17)25-23-5-3-13-32(23)26-20(19-4-1-2-6-24(19)35-26)15-33(25)27(34)31-22-12-11-18(29)14-21(22)30/h3,5,7-14,25H,1-2,4,6,15H2,(H,31,34)/t25-/m1/s1. The zero-order valence-electron chi connectivity index (χ0n) is 18.7. The fourth-order valence-corrected chi connectivity index (χ4v) is 6.56. The van der Waals surface area contributed by atoms with Crippen molar-refractivity contribution in [3.63, 3.8) is 0 Å². The van der Waals surface area contributed by atoms with Gasteiger partial charge in [-0.2, -0.15) is 0 Å². The van der Waals surface area contributed by atoms with E-state index in [0.29, 0.717) is 6.54 Å². The van der Waals surface area contributed by atoms with Gasteiger partial charge in [-0.1, -0.05) is 12.1 Å². The number of amides is 2. The molecule has 0 bridgehead atoms. The summed E-state index contributed by atoms with van der Waals surface area (Å²) in [7, 11) is 0. The highest BCUT2D eigenvalue weighted by atomic mass is 32.1. The highest BCUT2D eigenvalue weighted by molar-refractivity contribution is 7.15.